The Hall–Kier alpha value is -2.38. The van der Waals surface area contributed by atoms with Gasteiger partial charge in [0.25, 0.3) is 5.91 Å². The molecule has 0 unspecified atom stereocenters. The molecule has 2 aromatic carbocycles. The van der Waals surface area contributed by atoms with E-state index in [0.29, 0.717) is 12.2 Å². The van der Waals surface area contributed by atoms with Crippen molar-refractivity contribution >= 4 is 27.3 Å². The van der Waals surface area contributed by atoms with E-state index < -0.39 is 10.0 Å². The van der Waals surface area contributed by atoms with Gasteiger partial charge in [0.1, 0.15) is 6.61 Å². The minimum Gasteiger partial charge on any atom is -0.375 e. The van der Waals surface area contributed by atoms with E-state index >= 15 is 0 Å². The van der Waals surface area contributed by atoms with Crippen molar-refractivity contribution in [2.45, 2.75) is 32.4 Å². The Labute approximate surface area is 166 Å². The van der Waals surface area contributed by atoms with Crippen LogP contribution in [0.5, 0.6) is 0 Å². The summed E-state index contributed by atoms with van der Waals surface area (Å²) in [7, 11) is -2.05. The van der Waals surface area contributed by atoms with Crippen LogP contribution in [-0.4, -0.2) is 34.6 Å². The van der Waals surface area contributed by atoms with Gasteiger partial charge in [0.05, 0.1) is 5.75 Å². The number of methoxy groups -OCH3 is 1. The van der Waals surface area contributed by atoms with Crippen molar-refractivity contribution in [2.24, 2.45) is 0 Å². The monoisotopic (exact) mass is 402 g/mol. The lowest BCUT2D eigenvalue weighted by Crippen LogP contribution is -2.37. The van der Waals surface area contributed by atoms with Gasteiger partial charge in [-0.05, 0) is 61.6 Å². The third-order valence-corrected chi connectivity index (χ3v) is 6.13. The van der Waals surface area contributed by atoms with Gasteiger partial charge < -0.3 is 9.64 Å². The van der Waals surface area contributed by atoms with Crippen LogP contribution >= 0.6 is 0 Å². The molecule has 0 saturated heterocycles. The maximum atomic E-state index is 12.7. The average Bonchev–Trinajstić information content (AvgIpc) is 2.63. The molecule has 1 amide bonds. The number of carbonyl (C=O) groups is 1. The van der Waals surface area contributed by atoms with Gasteiger partial charge in [-0.25, -0.2) is 8.42 Å². The molecule has 0 saturated carbocycles. The number of carbonyl (C=O) groups excluding carboxylic acids is 1. The zero-order valence-electron chi connectivity index (χ0n) is 16.5. The predicted octanol–water partition coefficient (Wildman–Crippen LogP) is 3.17. The van der Waals surface area contributed by atoms with Crippen LogP contribution in [0.25, 0.3) is 0 Å². The Morgan fingerprint density at radius 3 is 2.71 bits per heavy atom. The van der Waals surface area contributed by atoms with Gasteiger partial charge in [0, 0.05) is 25.0 Å². The fourth-order valence-corrected chi connectivity index (χ4v) is 4.78. The van der Waals surface area contributed by atoms with Crippen LogP contribution in [0.4, 0.5) is 11.4 Å². The third-order valence-electron chi connectivity index (χ3n) is 4.89. The fraction of sp³-hybridized carbons (Fsp3) is 0.381. The molecule has 3 rings (SSSR count). The zero-order chi connectivity index (χ0) is 20.3. The van der Waals surface area contributed by atoms with E-state index in [9.17, 15) is 13.2 Å². The normalized spacial score (nSPS) is 13.9. The van der Waals surface area contributed by atoms with Gasteiger partial charge in [0.15, 0.2) is 0 Å². The second-order valence-corrected chi connectivity index (χ2v) is 8.94. The SMILES string of the molecule is COCC(=O)N1CCCc2cc(NS(=O)(=O)Cc3cc(C)ccc3C)ccc21. The first kappa shape index (κ1) is 20.4. The van der Waals surface area contributed by atoms with Gasteiger partial charge in [-0.15, -0.1) is 0 Å². The predicted molar refractivity (Wildman–Crippen MR) is 111 cm³/mol. The minimum atomic E-state index is -3.54. The van der Waals surface area contributed by atoms with Crippen LogP contribution in [0.3, 0.4) is 0 Å². The third kappa shape index (κ3) is 4.72. The minimum absolute atomic E-state index is 0.0314. The number of benzene rings is 2. The Morgan fingerprint density at radius 1 is 1.18 bits per heavy atom. The second kappa shape index (κ2) is 8.32. The molecule has 1 aliphatic heterocycles. The summed E-state index contributed by atoms with van der Waals surface area (Å²) in [5, 5.41) is 0. The molecular formula is C21H26N2O4S. The van der Waals surface area contributed by atoms with Gasteiger partial charge in [-0.1, -0.05) is 23.8 Å². The maximum Gasteiger partial charge on any atom is 0.252 e. The van der Waals surface area contributed by atoms with Crippen LogP contribution in [0.2, 0.25) is 0 Å². The summed E-state index contributed by atoms with van der Waals surface area (Å²) in [6, 6.07) is 11.1. The van der Waals surface area contributed by atoms with Crippen molar-refractivity contribution in [3.05, 3.63) is 58.7 Å². The lowest BCUT2D eigenvalue weighted by molar-refractivity contribution is -0.122. The van der Waals surface area contributed by atoms with Gasteiger partial charge in [-0.3, -0.25) is 9.52 Å². The summed E-state index contributed by atoms with van der Waals surface area (Å²) in [4.78, 5) is 13.9. The quantitative estimate of drug-likeness (QED) is 0.805. The van der Waals surface area contributed by atoms with Crippen molar-refractivity contribution < 1.29 is 17.9 Å². The van der Waals surface area contributed by atoms with Gasteiger partial charge >= 0.3 is 0 Å². The first-order chi connectivity index (χ1) is 13.3. The number of sulfonamides is 1. The molecule has 6 nitrogen and oxygen atoms in total. The Morgan fingerprint density at radius 2 is 1.96 bits per heavy atom. The van der Waals surface area contributed by atoms with Crippen molar-refractivity contribution in [1.29, 1.82) is 0 Å². The van der Waals surface area contributed by atoms with Crippen molar-refractivity contribution in [2.75, 3.05) is 29.9 Å². The topological polar surface area (TPSA) is 75.7 Å². The Balaban J connectivity index is 1.79. The highest BCUT2D eigenvalue weighted by Crippen LogP contribution is 2.30. The molecule has 0 radical (unpaired) electrons. The maximum absolute atomic E-state index is 12.7. The molecule has 0 fully saturated rings. The number of rotatable bonds is 6. The summed E-state index contributed by atoms with van der Waals surface area (Å²) in [6.07, 6.45) is 1.64. The van der Waals surface area contributed by atoms with E-state index in [0.717, 1.165) is 40.8 Å². The van der Waals surface area contributed by atoms with Crippen LogP contribution in [0, 0.1) is 13.8 Å². The highest BCUT2D eigenvalue weighted by atomic mass is 32.2. The molecule has 0 aromatic heterocycles. The van der Waals surface area contributed by atoms with E-state index in [2.05, 4.69) is 4.72 Å². The molecule has 1 aliphatic rings. The number of hydrogen-bond acceptors (Lipinski definition) is 4. The number of nitrogens with zero attached hydrogens (tertiary/aromatic N) is 1. The molecule has 7 heteroatoms. The summed E-state index contributed by atoms with van der Waals surface area (Å²) < 4.78 is 33.0. The first-order valence-electron chi connectivity index (χ1n) is 9.28. The molecule has 2 aromatic rings. The molecule has 1 heterocycles. The molecule has 28 heavy (non-hydrogen) atoms. The highest BCUT2D eigenvalue weighted by Gasteiger charge is 2.23. The van der Waals surface area contributed by atoms with Crippen LogP contribution in [0.15, 0.2) is 36.4 Å². The number of anilines is 2. The number of aryl methyl sites for hydroxylation is 3. The number of ether oxygens (including phenoxy) is 1. The largest absolute Gasteiger partial charge is 0.375 e. The lowest BCUT2D eigenvalue weighted by Gasteiger charge is -2.29. The molecule has 0 spiro atoms. The van der Waals surface area contributed by atoms with Crippen molar-refractivity contribution in [3.63, 3.8) is 0 Å². The molecule has 0 aliphatic carbocycles. The highest BCUT2D eigenvalue weighted by molar-refractivity contribution is 7.91. The standard InChI is InChI=1S/C21H26N2O4S/c1-15-6-7-16(2)18(11-15)14-28(25,26)22-19-8-9-20-17(12-19)5-4-10-23(20)21(24)13-27-3/h6-9,11-12,22H,4-5,10,13-14H2,1-3H3. The van der Waals surface area contributed by atoms with E-state index in [1.165, 1.54) is 7.11 Å². The van der Waals surface area contributed by atoms with Crippen LogP contribution < -0.4 is 9.62 Å². The van der Waals surface area contributed by atoms with E-state index in [1.54, 1.807) is 17.0 Å². The molecule has 1 N–H and O–H groups in total. The number of fused-ring (bicyclic) bond motifs is 1. The van der Waals surface area contributed by atoms with Crippen molar-refractivity contribution in [1.82, 2.24) is 0 Å². The smallest absolute Gasteiger partial charge is 0.252 e. The Bertz CT molecular complexity index is 986. The van der Waals surface area contributed by atoms with Crippen LogP contribution in [-0.2, 0) is 31.7 Å². The molecule has 0 bridgehead atoms. The first-order valence-corrected chi connectivity index (χ1v) is 10.9. The number of nitrogens with one attached hydrogen (secondary N) is 1. The summed E-state index contributed by atoms with van der Waals surface area (Å²) >= 11 is 0. The van der Waals surface area contributed by atoms with E-state index in [4.69, 9.17) is 4.74 Å². The molecule has 150 valence electrons. The van der Waals surface area contributed by atoms with E-state index in [-0.39, 0.29) is 18.3 Å². The summed E-state index contributed by atoms with van der Waals surface area (Å²) in [5.74, 6) is -0.164. The van der Waals surface area contributed by atoms with Gasteiger partial charge in [0.2, 0.25) is 10.0 Å². The van der Waals surface area contributed by atoms with Gasteiger partial charge in [-0.2, -0.15) is 0 Å². The van der Waals surface area contributed by atoms with E-state index in [1.807, 2.05) is 38.1 Å². The van der Waals surface area contributed by atoms with Crippen molar-refractivity contribution in [3.8, 4) is 0 Å². The lowest BCUT2D eigenvalue weighted by atomic mass is 10.0. The zero-order valence-corrected chi connectivity index (χ0v) is 17.3. The number of hydrogen-bond donors (Lipinski definition) is 1. The second-order valence-electron chi connectivity index (χ2n) is 7.22. The fourth-order valence-electron chi connectivity index (χ4n) is 3.50. The number of amides is 1. The molecular weight excluding hydrogens is 376 g/mol. The van der Waals surface area contributed by atoms with Crippen LogP contribution in [0.1, 0.15) is 28.7 Å². The Kier molecular flexibility index (Phi) is 6.05. The summed E-state index contributed by atoms with van der Waals surface area (Å²) in [6.45, 7) is 4.54. The summed E-state index contributed by atoms with van der Waals surface area (Å²) in [5.41, 5.74) is 5.08. The molecule has 0 atom stereocenters. The average molecular weight is 403 g/mol.